The Morgan fingerprint density at radius 1 is 1.09 bits per heavy atom. The van der Waals surface area contributed by atoms with Crippen molar-refractivity contribution in [3.8, 4) is 0 Å². The van der Waals surface area contributed by atoms with E-state index in [2.05, 4.69) is 34.6 Å². The van der Waals surface area contributed by atoms with Gasteiger partial charge in [0.25, 0.3) is 0 Å². The molecule has 0 spiro atoms. The zero-order valence-corrected chi connectivity index (χ0v) is 20.1. The summed E-state index contributed by atoms with van der Waals surface area (Å²) in [7, 11) is -3.47. The summed E-state index contributed by atoms with van der Waals surface area (Å²) in [6.07, 6.45) is 1.78. The molecule has 0 amide bonds. The lowest BCUT2D eigenvalue weighted by Crippen LogP contribution is -2.27. The van der Waals surface area contributed by atoms with Gasteiger partial charge in [0, 0.05) is 24.4 Å². The molecule has 0 radical (unpaired) electrons. The van der Waals surface area contributed by atoms with E-state index in [4.69, 9.17) is 0 Å². The molecule has 4 rings (SSSR count). The second-order valence-corrected chi connectivity index (χ2v) is 11.6. The van der Waals surface area contributed by atoms with Gasteiger partial charge in [0.15, 0.2) is 10.1 Å². The van der Waals surface area contributed by atoms with Crippen molar-refractivity contribution in [3.63, 3.8) is 0 Å². The third-order valence-electron chi connectivity index (χ3n) is 5.30. The van der Waals surface area contributed by atoms with E-state index >= 15 is 0 Å². The van der Waals surface area contributed by atoms with Crippen LogP contribution in [0.5, 0.6) is 0 Å². The number of hydrogen-bond donors (Lipinski definition) is 1. The van der Waals surface area contributed by atoms with Crippen molar-refractivity contribution in [2.24, 2.45) is 0 Å². The zero-order valence-electron chi connectivity index (χ0n) is 17.7. The van der Waals surface area contributed by atoms with Gasteiger partial charge < -0.3 is 5.32 Å². The number of rotatable bonds is 9. The van der Waals surface area contributed by atoms with Gasteiger partial charge in [-0.15, -0.1) is 10.2 Å². The van der Waals surface area contributed by atoms with Crippen molar-refractivity contribution < 1.29 is 13.2 Å². The van der Waals surface area contributed by atoms with Crippen LogP contribution in [0.4, 0.5) is 5.13 Å². The van der Waals surface area contributed by atoms with Crippen LogP contribution in [0, 0.1) is 6.92 Å². The lowest BCUT2D eigenvalue weighted by atomic mass is 10.1. The molecule has 3 aromatic rings. The summed E-state index contributed by atoms with van der Waals surface area (Å²) < 4.78 is 27.5. The van der Waals surface area contributed by atoms with Crippen molar-refractivity contribution in [2.75, 3.05) is 25.0 Å². The smallest absolute Gasteiger partial charge is 0.243 e. The fourth-order valence-electron chi connectivity index (χ4n) is 3.40. The number of thioether (sulfide) groups is 1. The van der Waals surface area contributed by atoms with Crippen LogP contribution in [0.1, 0.15) is 34.3 Å². The van der Waals surface area contributed by atoms with Crippen LogP contribution in [-0.4, -0.2) is 48.3 Å². The summed E-state index contributed by atoms with van der Waals surface area (Å²) in [5, 5.41) is 11.9. The highest BCUT2D eigenvalue weighted by atomic mass is 32.2. The van der Waals surface area contributed by atoms with Crippen LogP contribution >= 0.6 is 23.1 Å². The topological polar surface area (TPSA) is 92.3 Å². The van der Waals surface area contributed by atoms with Gasteiger partial charge in [-0.2, -0.15) is 4.31 Å². The number of sulfonamides is 1. The number of carbonyl (C=O) groups excluding carboxylic acids is 1. The van der Waals surface area contributed by atoms with Gasteiger partial charge >= 0.3 is 0 Å². The molecule has 7 nitrogen and oxygen atoms in total. The number of carbonyl (C=O) groups is 1. The average Bonchev–Trinajstić information content (AvgIpc) is 3.50. The lowest BCUT2D eigenvalue weighted by Gasteiger charge is -2.15. The van der Waals surface area contributed by atoms with Gasteiger partial charge in [0.1, 0.15) is 0 Å². The highest BCUT2D eigenvalue weighted by molar-refractivity contribution is 8.00. The number of Topliss-reactive ketones (excluding diaryl/α,β-unsaturated/α-hetero) is 1. The maximum absolute atomic E-state index is 12.6. The molecule has 10 heteroatoms. The normalized spacial score (nSPS) is 14.5. The maximum Gasteiger partial charge on any atom is 0.243 e. The Bertz CT molecular complexity index is 1190. The molecule has 1 aliphatic rings. The van der Waals surface area contributed by atoms with E-state index in [-0.39, 0.29) is 17.2 Å². The van der Waals surface area contributed by atoms with Crippen molar-refractivity contribution in [3.05, 3.63) is 65.2 Å². The largest absolute Gasteiger partial charge is 0.353 e. The van der Waals surface area contributed by atoms with Crippen molar-refractivity contribution in [1.29, 1.82) is 0 Å². The van der Waals surface area contributed by atoms with Crippen LogP contribution in [0.2, 0.25) is 0 Å². The molecule has 0 unspecified atom stereocenters. The highest BCUT2D eigenvalue weighted by Gasteiger charge is 2.27. The minimum absolute atomic E-state index is 0.0648. The summed E-state index contributed by atoms with van der Waals surface area (Å²) in [5.41, 5.74) is 2.96. The molecule has 1 aromatic heterocycles. The van der Waals surface area contributed by atoms with Crippen molar-refractivity contribution in [1.82, 2.24) is 14.5 Å². The number of hydrogen-bond acceptors (Lipinski definition) is 8. The minimum Gasteiger partial charge on any atom is -0.353 e. The van der Waals surface area contributed by atoms with Crippen molar-refractivity contribution >= 4 is 44.0 Å². The monoisotopic (exact) mass is 488 g/mol. The quantitative estimate of drug-likeness (QED) is 0.356. The van der Waals surface area contributed by atoms with Crippen LogP contribution in [0.25, 0.3) is 0 Å². The second-order valence-electron chi connectivity index (χ2n) is 7.50. The SMILES string of the molecule is Cc1ccccc1CSc1nnc(NCC(=O)c2ccc(S(=O)(=O)N3CCCC3)cc2)s1. The van der Waals surface area contributed by atoms with Crippen molar-refractivity contribution in [2.45, 2.75) is 34.8 Å². The number of aryl methyl sites for hydroxylation is 1. The van der Waals surface area contributed by atoms with E-state index in [1.165, 1.54) is 38.9 Å². The predicted octanol–water partition coefficient (Wildman–Crippen LogP) is 4.22. The maximum atomic E-state index is 12.6. The number of anilines is 1. The molecular weight excluding hydrogens is 464 g/mol. The summed E-state index contributed by atoms with van der Waals surface area (Å²) in [6.45, 7) is 3.26. The van der Waals surface area contributed by atoms with Crippen LogP contribution in [0.3, 0.4) is 0 Å². The van der Waals surface area contributed by atoms with E-state index in [1.54, 1.807) is 23.9 Å². The summed E-state index contributed by atoms with van der Waals surface area (Å²) in [6, 6.07) is 14.4. The van der Waals surface area contributed by atoms with Gasteiger partial charge in [0.2, 0.25) is 15.2 Å². The Morgan fingerprint density at radius 3 is 2.53 bits per heavy atom. The molecular formula is C22H24N4O3S3. The summed E-state index contributed by atoms with van der Waals surface area (Å²) >= 11 is 3.02. The van der Waals surface area contributed by atoms with E-state index in [0.717, 1.165) is 22.9 Å². The van der Waals surface area contributed by atoms with Crippen LogP contribution in [0.15, 0.2) is 57.8 Å². The highest BCUT2D eigenvalue weighted by Crippen LogP contribution is 2.29. The number of nitrogens with one attached hydrogen (secondary N) is 1. The number of ketones is 1. The van der Waals surface area contributed by atoms with Gasteiger partial charge in [-0.3, -0.25) is 4.79 Å². The van der Waals surface area contributed by atoms with E-state index < -0.39 is 10.0 Å². The standard InChI is InChI=1S/C22H24N4O3S3/c1-16-6-2-3-7-18(16)15-30-22-25-24-21(31-22)23-14-20(27)17-8-10-19(11-9-17)32(28,29)26-12-4-5-13-26/h2-3,6-11H,4-5,12-15H2,1H3,(H,23,24). The Morgan fingerprint density at radius 2 is 1.81 bits per heavy atom. The fraction of sp³-hybridized carbons (Fsp3) is 0.318. The molecule has 2 aromatic carbocycles. The Labute approximate surface area is 196 Å². The van der Waals surface area contributed by atoms with Crippen LogP contribution < -0.4 is 5.32 Å². The molecule has 1 N–H and O–H groups in total. The molecule has 2 heterocycles. The van der Waals surface area contributed by atoms with E-state index in [1.807, 2.05) is 12.1 Å². The molecule has 1 aliphatic heterocycles. The molecule has 1 saturated heterocycles. The molecule has 1 fully saturated rings. The minimum atomic E-state index is -3.47. The molecule has 0 aliphatic carbocycles. The number of benzene rings is 2. The Balaban J connectivity index is 1.31. The van der Waals surface area contributed by atoms with Gasteiger partial charge in [0.05, 0.1) is 11.4 Å². The predicted molar refractivity (Wildman–Crippen MR) is 128 cm³/mol. The third-order valence-corrected chi connectivity index (χ3v) is 9.27. The first-order valence-electron chi connectivity index (χ1n) is 10.3. The lowest BCUT2D eigenvalue weighted by molar-refractivity contribution is 0.101. The first-order chi connectivity index (χ1) is 15.4. The van der Waals surface area contributed by atoms with Gasteiger partial charge in [-0.05, 0) is 55.2 Å². The fourth-order valence-corrected chi connectivity index (χ4v) is 6.74. The number of nitrogens with zero attached hydrogens (tertiary/aromatic N) is 3. The molecule has 0 atom stereocenters. The zero-order chi connectivity index (χ0) is 22.6. The van der Waals surface area contributed by atoms with Gasteiger partial charge in [-0.25, -0.2) is 8.42 Å². The summed E-state index contributed by atoms with van der Waals surface area (Å²) in [5.74, 6) is 0.673. The first-order valence-corrected chi connectivity index (χ1v) is 13.6. The molecule has 0 saturated carbocycles. The second kappa shape index (κ2) is 10.1. The molecule has 32 heavy (non-hydrogen) atoms. The number of aromatic nitrogens is 2. The molecule has 168 valence electrons. The Hall–Kier alpha value is -2.27. The molecule has 0 bridgehead atoms. The van der Waals surface area contributed by atoms with E-state index in [9.17, 15) is 13.2 Å². The van der Waals surface area contributed by atoms with E-state index in [0.29, 0.717) is 23.8 Å². The first kappa shape index (κ1) is 22.9. The third kappa shape index (κ3) is 5.37. The summed E-state index contributed by atoms with van der Waals surface area (Å²) in [4.78, 5) is 12.7. The Kier molecular flexibility index (Phi) is 7.24. The van der Waals surface area contributed by atoms with Gasteiger partial charge in [-0.1, -0.05) is 47.4 Å². The average molecular weight is 489 g/mol. The van der Waals surface area contributed by atoms with Crippen LogP contribution in [-0.2, 0) is 15.8 Å².